The molecule has 0 fully saturated rings. The molecular formula is C36H69NO5. The number of carboxylic acids is 1. The Labute approximate surface area is 259 Å². The molecule has 6 nitrogen and oxygen atoms in total. The summed E-state index contributed by atoms with van der Waals surface area (Å²) in [5.41, 5.74) is 0. The van der Waals surface area contributed by atoms with E-state index < -0.39 is 18.0 Å². The summed E-state index contributed by atoms with van der Waals surface area (Å²) in [4.78, 5) is 35.9. The molecule has 0 saturated carbocycles. The molecule has 0 aromatic rings. The minimum Gasteiger partial charge on any atom is -0.480 e. The van der Waals surface area contributed by atoms with Crippen LogP contribution in [0.3, 0.4) is 0 Å². The zero-order valence-corrected chi connectivity index (χ0v) is 28.0. The second-order valence-electron chi connectivity index (χ2n) is 12.9. The second-order valence-corrected chi connectivity index (χ2v) is 12.9. The lowest BCUT2D eigenvalue weighted by Gasteiger charge is -2.14. The Hall–Kier alpha value is -1.59. The first-order valence-electron chi connectivity index (χ1n) is 18.0. The number of aliphatic carboxylic acids is 1. The Morgan fingerprint density at radius 1 is 0.595 bits per heavy atom. The van der Waals surface area contributed by atoms with Crippen LogP contribution in [-0.4, -0.2) is 35.6 Å². The molecule has 0 unspecified atom stereocenters. The van der Waals surface area contributed by atoms with Gasteiger partial charge in [0.15, 0.2) is 0 Å². The van der Waals surface area contributed by atoms with Crippen molar-refractivity contribution in [1.29, 1.82) is 0 Å². The maximum absolute atomic E-state index is 12.2. The lowest BCUT2D eigenvalue weighted by atomic mass is 10.0. The number of amides is 1. The van der Waals surface area contributed by atoms with Crippen molar-refractivity contribution in [1.82, 2.24) is 5.32 Å². The normalized spacial score (nSPS) is 12.0. The number of esters is 1. The van der Waals surface area contributed by atoms with E-state index in [9.17, 15) is 19.5 Å². The van der Waals surface area contributed by atoms with E-state index in [1.54, 1.807) is 0 Å². The fourth-order valence-corrected chi connectivity index (χ4v) is 5.43. The molecule has 42 heavy (non-hydrogen) atoms. The highest BCUT2D eigenvalue weighted by molar-refractivity contribution is 5.87. The van der Waals surface area contributed by atoms with E-state index in [1.165, 1.54) is 122 Å². The molecule has 6 heteroatoms. The predicted octanol–water partition coefficient (Wildman–Crippen LogP) is 10.3. The van der Waals surface area contributed by atoms with Crippen LogP contribution in [0.5, 0.6) is 0 Å². The Balaban J connectivity index is 3.64. The highest BCUT2D eigenvalue weighted by Gasteiger charge is 2.23. The van der Waals surface area contributed by atoms with Gasteiger partial charge in [0.1, 0.15) is 6.04 Å². The minimum absolute atomic E-state index is 0.300. The predicted molar refractivity (Wildman–Crippen MR) is 176 cm³/mol. The standard InChI is InChI=1S/C36H69NO5/c1-4-5-6-7-8-9-13-17-20-23-26-29-34(38)37-33(36(40)41)31-35(39)42-30-27-24-21-18-15-12-10-11-14-16-19-22-25-28-32(2)3/h32-33H,4-31H2,1-3H3,(H,37,38)(H,40,41)/t33-/m0/s1. The number of carboxylic acid groups (broad SMARTS) is 1. The molecule has 1 amide bonds. The van der Waals surface area contributed by atoms with Gasteiger partial charge in [-0.1, -0.05) is 168 Å². The molecule has 0 rings (SSSR count). The molecule has 0 aliphatic rings. The zero-order chi connectivity index (χ0) is 31.1. The number of hydrogen-bond donors (Lipinski definition) is 2. The molecule has 0 heterocycles. The highest BCUT2D eigenvalue weighted by Crippen LogP contribution is 2.15. The number of carbonyl (C=O) groups is 3. The number of rotatable bonds is 32. The molecule has 0 spiro atoms. The van der Waals surface area contributed by atoms with Gasteiger partial charge in [-0.25, -0.2) is 4.79 Å². The van der Waals surface area contributed by atoms with Gasteiger partial charge in [0.25, 0.3) is 0 Å². The van der Waals surface area contributed by atoms with Crippen LogP contribution in [-0.2, 0) is 19.1 Å². The summed E-state index contributed by atoms with van der Waals surface area (Å²) in [5, 5.41) is 11.9. The van der Waals surface area contributed by atoms with Crippen LogP contribution >= 0.6 is 0 Å². The van der Waals surface area contributed by atoms with Crippen LogP contribution in [0, 0.1) is 5.92 Å². The largest absolute Gasteiger partial charge is 0.480 e. The van der Waals surface area contributed by atoms with Crippen LogP contribution in [0.4, 0.5) is 0 Å². The highest BCUT2D eigenvalue weighted by atomic mass is 16.5. The number of ether oxygens (including phenoxy) is 1. The summed E-state index contributed by atoms with van der Waals surface area (Å²) in [5.74, 6) is -1.22. The molecule has 1 atom stereocenters. The van der Waals surface area contributed by atoms with Crippen LogP contribution < -0.4 is 5.32 Å². The number of carbonyl (C=O) groups excluding carboxylic acids is 2. The van der Waals surface area contributed by atoms with Gasteiger partial charge in [0.05, 0.1) is 13.0 Å². The topological polar surface area (TPSA) is 92.7 Å². The fourth-order valence-electron chi connectivity index (χ4n) is 5.43. The molecule has 0 bridgehead atoms. The van der Waals surface area contributed by atoms with Crippen molar-refractivity contribution >= 4 is 17.8 Å². The molecular weight excluding hydrogens is 526 g/mol. The van der Waals surface area contributed by atoms with Crippen molar-refractivity contribution < 1.29 is 24.2 Å². The summed E-state index contributed by atoms with van der Waals surface area (Å²) in [7, 11) is 0. The van der Waals surface area contributed by atoms with Gasteiger partial charge in [0, 0.05) is 6.42 Å². The average Bonchev–Trinajstić information content (AvgIpc) is 2.95. The van der Waals surface area contributed by atoms with Crippen molar-refractivity contribution in [2.75, 3.05) is 6.61 Å². The maximum Gasteiger partial charge on any atom is 0.326 e. The summed E-state index contributed by atoms with van der Waals surface area (Å²) >= 11 is 0. The van der Waals surface area contributed by atoms with Gasteiger partial charge in [-0.15, -0.1) is 0 Å². The Kier molecular flexibility index (Phi) is 29.7. The van der Waals surface area contributed by atoms with Gasteiger partial charge >= 0.3 is 11.9 Å². The first-order chi connectivity index (χ1) is 20.4. The molecule has 0 aliphatic carbocycles. The second kappa shape index (κ2) is 30.9. The smallest absolute Gasteiger partial charge is 0.326 e. The van der Waals surface area contributed by atoms with Crippen LogP contribution in [0.1, 0.15) is 194 Å². The quantitative estimate of drug-likeness (QED) is 0.0596. The van der Waals surface area contributed by atoms with Gasteiger partial charge in [0.2, 0.25) is 5.91 Å². The lowest BCUT2D eigenvalue weighted by molar-refractivity contribution is -0.150. The van der Waals surface area contributed by atoms with Crippen LogP contribution in [0.25, 0.3) is 0 Å². The first-order valence-corrected chi connectivity index (χ1v) is 18.0. The molecule has 0 aromatic carbocycles. The van der Waals surface area contributed by atoms with E-state index in [1.807, 2.05) is 0 Å². The monoisotopic (exact) mass is 596 g/mol. The van der Waals surface area contributed by atoms with Crippen LogP contribution in [0.2, 0.25) is 0 Å². The summed E-state index contributed by atoms with van der Waals surface area (Å²) in [6.45, 7) is 7.16. The number of unbranched alkanes of at least 4 members (excludes halogenated alkanes) is 22. The third kappa shape index (κ3) is 29.9. The molecule has 2 N–H and O–H groups in total. The molecule has 0 aliphatic heterocycles. The summed E-state index contributed by atoms with van der Waals surface area (Å²) in [6.07, 6.45) is 30.9. The van der Waals surface area contributed by atoms with Crippen molar-refractivity contribution in [3.63, 3.8) is 0 Å². The summed E-state index contributed by atoms with van der Waals surface area (Å²) < 4.78 is 5.24. The van der Waals surface area contributed by atoms with Gasteiger partial charge in [-0.05, 0) is 18.8 Å². The summed E-state index contributed by atoms with van der Waals surface area (Å²) in [6, 6.07) is -1.22. The van der Waals surface area contributed by atoms with E-state index in [0.717, 1.165) is 44.4 Å². The third-order valence-electron chi connectivity index (χ3n) is 8.20. The van der Waals surface area contributed by atoms with E-state index >= 15 is 0 Å². The SMILES string of the molecule is CCCCCCCCCCCCCC(=O)N[C@@H](CC(=O)OCCCCCCCCCCCCCCCC(C)C)C(=O)O. The van der Waals surface area contributed by atoms with Crippen molar-refractivity contribution in [2.24, 2.45) is 5.92 Å². The van der Waals surface area contributed by atoms with E-state index in [0.29, 0.717) is 13.0 Å². The Morgan fingerprint density at radius 2 is 1.00 bits per heavy atom. The van der Waals surface area contributed by atoms with E-state index in [2.05, 4.69) is 26.1 Å². The van der Waals surface area contributed by atoms with Crippen molar-refractivity contribution in [3.8, 4) is 0 Å². The fraction of sp³-hybridized carbons (Fsp3) is 0.917. The van der Waals surface area contributed by atoms with E-state index in [-0.39, 0.29) is 12.3 Å². The Bertz CT molecular complexity index is 636. The van der Waals surface area contributed by atoms with Gasteiger partial charge < -0.3 is 15.2 Å². The molecule has 0 saturated heterocycles. The number of nitrogens with one attached hydrogen (secondary N) is 1. The van der Waals surface area contributed by atoms with Crippen LogP contribution in [0.15, 0.2) is 0 Å². The van der Waals surface area contributed by atoms with Crippen molar-refractivity contribution in [2.45, 2.75) is 200 Å². The van der Waals surface area contributed by atoms with Gasteiger partial charge in [-0.3, -0.25) is 9.59 Å². The molecule has 0 aromatic heterocycles. The molecule has 0 radical (unpaired) electrons. The zero-order valence-electron chi connectivity index (χ0n) is 28.0. The lowest BCUT2D eigenvalue weighted by Crippen LogP contribution is -2.42. The maximum atomic E-state index is 12.2. The first kappa shape index (κ1) is 40.4. The van der Waals surface area contributed by atoms with Crippen molar-refractivity contribution in [3.05, 3.63) is 0 Å². The Morgan fingerprint density at radius 3 is 1.43 bits per heavy atom. The van der Waals surface area contributed by atoms with Gasteiger partial charge in [-0.2, -0.15) is 0 Å². The average molecular weight is 596 g/mol. The third-order valence-corrected chi connectivity index (χ3v) is 8.20. The minimum atomic E-state index is -1.22. The number of hydrogen-bond acceptors (Lipinski definition) is 4. The van der Waals surface area contributed by atoms with E-state index in [4.69, 9.17) is 4.74 Å². The molecule has 248 valence electrons.